The molecule has 0 aliphatic heterocycles. The first-order chi connectivity index (χ1) is 10.3. The van der Waals surface area contributed by atoms with E-state index in [1.54, 1.807) is 24.3 Å². The lowest BCUT2D eigenvalue weighted by Crippen LogP contribution is -2.54. The molecule has 0 aliphatic rings. The number of amides is 2. The Morgan fingerprint density at radius 1 is 1.23 bits per heavy atom. The molecule has 0 unspecified atom stereocenters. The first kappa shape index (κ1) is 18.2. The molecule has 0 radical (unpaired) electrons. The number of benzene rings is 1. The number of halogens is 1. The molecule has 2 amide bonds. The predicted molar refractivity (Wildman–Crippen MR) is 91.4 cm³/mol. The fourth-order valence-corrected chi connectivity index (χ4v) is 2.04. The van der Waals surface area contributed by atoms with Gasteiger partial charge in [0.15, 0.2) is 5.11 Å². The number of hydrazine groups is 1. The molecule has 1 atom stereocenters. The van der Waals surface area contributed by atoms with Gasteiger partial charge in [0.05, 0.1) is 0 Å². The highest BCUT2D eigenvalue weighted by atomic mass is 35.5. The molecule has 0 fully saturated rings. The number of hydrogen-bond acceptors (Lipinski definition) is 3. The van der Waals surface area contributed by atoms with E-state index in [4.69, 9.17) is 23.8 Å². The molecule has 0 aromatic heterocycles. The van der Waals surface area contributed by atoms with Crippen LogP contribution in [0.4, 0.5) is 5.69 Å². The molecule has 1 aromatic carbocycles. The average molecular weight is 343 g/mol. The summed E-state index contributed by atoms with van der Waals surface area (Å²) in [6.07, 6.45) is 0. The van der Waals surface area contributed by atoms with Crippen molar-refractivity contribution in [1.29, 1.82) is 0 Å². The Morgan fingerprint density at radius 3 is 2.45 bits per heavy atom. The lowest BCUT2D eigenvalue weighted by molar-refractivity contribution is -0.129. The summed E-state index contributed by atoms with van der Waals surface area (Å²) in [7, 11) is 0. The molecule has 120 valence electrons. The summed E-state index contributed by atoms with van der Waals surface area (Å²) in [6.45, 7) is 5.03. The Kier molecular flexibility index (Phi) is 7.07. The second-order valence-corrected chi connectivity index (χ2v) is 5.85. The van der Waals surface area contributed by atoms with Crippen molar-refractivity contribution in [2.75, 3.05) is 5.32 Å². The van der Waals surface area contributed by atoms with E-state index < -0.39 is 6.04 Å². The number of carbonyl (C=O) groups is 2. The smallest absolute Gasteiger partial charge is 0.261 e. The van der Waals surface area contributed by atoms with Crippen molar-refractivity contribution in [2.45, 2.75) is 26.8 Å². The minimum atomic E-state index is -0.640. The van der Waals surface area contributed by atoms with Crippen LogP contribution in [0.1, 0.15) is 20.8 Å². The van der Waals surface area contributed by atoms with Gasteiger partial charge >= 0.3 is 0 Å². The van der Waals surface area contributed by atoms with Gasteiger partial charge in [-0.15, -0.1) is 0 Å². The van der Waals surface area contributed by atoms with E-state index in [2.05, 4.69) is 21.5 Å². The van der Waals surface area contributed by atoms with Gasteiger partial charge in [0.25, 0.3) is 5.91 Å². The second-order valence-electron chi connectivity index (χ2n) is 5.00. The minimum Gasteiger partial charge on any atom is -0.344 e. The van der Waals surface area contributed by atoms with Gasteiger partial charge in [-0.05, 0) is 36.3 Å². The van der Waals surface area contributed by atoms with Gasteiger partial charge in [-0.3, -0.25) is 20.4 Å². The Hall–Kier alpha value is -1.86. The molecule has 0 spiro atoms. The van der Waals surface area contributed by atoms with Gasteiger partial charge < -0.3 is 10.6 Å². The summed E-state index contributed by atoms with van der Waals surface area (Å²) in [5.74, 6) is -0.700. The van der Waals surface area contributed by atoms with Crippen molar-refractivity contribution in [2.24, 2.45) is 5.92 Å². The highest BCUT2D eigenvalue weighted by molar-refractivity contribution is 7.80. The third kappa shape index (κ3) is 6.28. The van der Waals surface area contributed by atoms with Crippen molar-refractivity contribution in [3.63, 3.8) is 0 Å². The maximum Gasteiger partial charge on any atom is 0.261 e. The highest BCUT2D eigenvalue weighted by Crippen LogP contribution is 2.14. The Labute approximate surface area is 140 Å². The fraction of sp³-hybridized carbons (Fsp3) is 0.357. The SMILES string of the molecule is CC(=O)N[C@@H](C(=O)NNC(=S)Nc1cccc(Cl)c1)C(C)C. The van der Waals surface area contributed by atoms with Crippen LogP contribution in [0.2, 0.25) is 5.02 Å². The Bertz CT molecular complexity index is 566. The molecular weight excluding hydrogens is 324 g/mol. The van der Waals surface area contributed by atoms with E-state index in [9.17, 15) is 9.59 Å². The third-order valence-corrected chi connectivity index (χ3v) is 3.13. The van der Waals surface area contributed by atoms with Crippen LogP contribution in [0.5, 0.6) is 0 Å². The van der Waals surface area contributed by atoms with Gasteiger partial charge in [-0.2, -0.15) is 0 Å². The molecule has 0 bridgehead atoms. The molecule has 6 nitrogen and oxygen atoms in total. The summed E-state index contributed by atoms with van der Waals surface area (Å²) in [6, 6.07) is 6.36. The van der Waals surface area contributed by atoms with Gasteiger partial charge in [0, 0.05) is 17.6 Å². The van der Waals surface area contributed by atoms with Gasteiger partial charge in [0.1, 0.15) is 6.04 Å². The van der Waals surface area contributed by atoms with E-state index in [0.717, 1.165) is 0 Å². The van der Waals surface area contributed by atoms with E-state index in [1.807, 2.05) is 13.8 Å². The minimum absolute atomic E-state index is 0.0554. The summed E-state index contributed by atoms with van der Waals surface area (Å²) in [4.78, 5) is 23.1. The monoisotopic (exact) mass is 342 g/mol. The number of anilines is 1. The molecule has 0 heterocycles. The van der Waals surface area contributed by atoms with Crippen LogP contribution in [0.15, 0.2) is 24.3 Å². The van der Waals surface area contributed by atoms with Gasteiger partial charge in [-0.1, -0.05) is 31.5 Å². The molecule has 1 aromatic rings. The molecule has 4 N–H and O–H groups in total. The van der Waals surface area contributed by atoms with Crippen LogP contribution < -0.4 is 21.5 Å². The molecule has 0 aliphatic carbocycles. The van der Waals surface area contributed by atoms with Crippen LogP contribution in [0.3, 0.4) is 0 Å². The molecule has 0 saturated heterocycles. The van der Waals surface area contributed by atoms with E-state index in [1.165, 1.54) is 6.92 Å². The first-order valence-electron chi connectivity index (χ1n) is 6.69. The summed E-state index contributed by atoms with van der Waals surface area (Å²) < 4.78 is 0. The summed E-state index contributed by atoms with van der Waals surface area (Å²) >= 11 is 10.9. The van der Waals surface area contributed by atoms with Crippen LogP contribution >= 0.6 is 23.8 Å². The topological polar surface area (TPSA) is 82.3 Å². The molecule has 22 heavy (non-hydrogen) atoms. The number of nitrogens with one attached hydrogen (secondary N) is 4. The zero-order chi connectivity index (χ0) is 16.7. The maximum atomic E-state index is 12.0. The normalized spacial score (nSPS) is 11.5. The van der Waals surface area contributed by atoms with Crippen LogP contribution in [-0.4, -0.2) is 23.0 Å². The Morgan fingerprint density at radius 2 is 1.91 bits per heavy atom. The lowest BCUT2D eigenvalue weighted by atomic mass is 10.0. The zero-order valence-electron chi connectivity index (χ0n) is 12.6. The number of hydrogen-bond donors (Lipinski definition) is 4. The Balaban J connectivity index is 2.51. The number of rotatable bonds is 4. The van der Waals surface area contributed by atoms with Crippen molar-refractivity contribution >= 4 is 46.4 Å². The second kappa shape index (κ2) is 8.55. The standard InChI is InChI=1S/C14H19ClN4O2S/c1-8(2)12(16-9(3)20)13(21)18-19-14(22)17-11-6-4-5-10(15)7-11/h4-8,12H,1-3H3,(H,16,20)(H,18,21)(H2,17,19,22)/t12-/m1/s1. The third-order valence-electron chi connectivity index (χ3n) is 2.69. The van der Waals surface area contributed by atoms with Crippen LogP contribution in [-0.2, 0) is 9.59 Å². The molecule has 0 saturated carbocycles. The zero-order valence-corrected chi connectivity index (χ0v) is 14.1. The summed E-state index contributed by atoms with van der Waals surface area (Å²) in [5, 5.41) is 6.25. The van der Waals surface area contributed by atoms with E-state index in [0.29, 0.717) is 10.7 Å². The molecule has 8 heteroatoms. The lowest BCUT2D eigenvalue weighted by Gasteiger charge is -2.21. The highest BCUT2D eigenvalue weighted by Gasteiger charge is 2.22. The van der Waals surface area contributed by atoms with Crippen molar-refractivity contribution in [3.05, 3.63) is 29.3 Å². The van der Waals surface area contributed by atoms with Gasteiger partial charge in [-0.25, -0.2) is 0 Å². The van der Waals surface area contributed by atoms with Crippen molar-refractivity contribution < 1.29 is 9.59 Å². The molecular formula is C14H19ClN4O2S. The maximum absolute atomic E-state index is 12.0. The van der Waals surface area contributed by atoms with E-state index in [-0.39, 0.29) is 22.8 Å². The quantitative estimate of drug-likeness (QED) is 0.495. The van der Waals surface area contributed by atoms with Crippen LogP contribution in [0.25, 0.3) is 0 Å². The largest absolute Gasteiger partial charge is 0.344 e. The van der Waals surface area contributed by atoms with Crippen molar-refractivity contribution in [3.8, 4) is 0 Å². The van der Waals surface area contributed by atoms with Crippen LogP contribution in [0, 0.1) is 5.92 Å². The molecule has 1 rings (SSSR count). The number of thiocarbonyl (C=S) groups is 1. The van der Waals surface area contributed by atoms with Crippen molar-refractivity contribution in [1.82, 2.24) is 16.2 Å². The first-order valence-corrected chi connectivity index (χ1v) is 7.47. The average Bonchev–Trinajstić information content (AvgIpc) is 2.41. The number of carbonyl (C=O) groups excluding carboxylic acids is 2. The fourth-order valence-electron chi connectivity index (χ4n) is 1.68. The summed E-state index contributed by atoms with van der Waals surface area (Å²) in [5.41, 5.74) is 5.74. The van der Waals surface area contributed by atoms with E-state index >= 15 is 0 Å². The predicted octanol–water partition coefficient (Wildman–Crippen LogP) is 1.82. The van der Waals surface area contributed by atoms with Gasteiger partial charge in [0.2, 0.25) is 5.91 Å².